The summed E-state index contributed by atoms with van der Waals surface area (Å²) in [6.45, 7) is 2.39. The largest absolute Gasteiger partial charge is 0.374 e. The van der Waals surface area contributed by atoms with Crippen LogP contribution in [0.2, 0.25) is 0 Å². The second-order valence-electron chi connectivity index (χ2n) is 4.62. The second-order valence-corrected chi connectivity index (χ2v) is 4.62. The van der Waals surface area contributed by atoms with E-state index >= 15 is 0 Å². The first-order chi connectivity index (χ1) is 8.15. The Morgan fingerprint density at radius 3 is 2.71 bits per heavy atom. The number of halogens is 1. The maximum atomic E-state index is 12.9. The highest BCUT2D eigenvalue weighted by Crippen LogP contribution is 2.20. The number of benzene rings is 1. The zero-order valence-electron chi connectivity index (χ0n) is 10.0. The molecule has 0 heterocycles. The number of hydrogen-bond donors (Lipinski definition) is 0. The summed E-state index contributed by atoms with van der Waals surface area (Å²) in [5.74, 6) is 0.123. The third-order valence-corrected chi connectivity index (χ3v) is 3.27. The lowest BCUT2D eigenvalue weighted by Gasteiger charge is -2.21. The molecule has 1 aromatic rings. The Hall–Kier alpha value is -1.22. The van der Waals surface area contributed by atoms with Gasteiger partial charge in [0.05, 0.1) is 12.7 Å². The minimum absolute atomic E-state index is 0.178. The lowest BCUT2D eigenvalue weighted by Crippen LogP contribution is -2.21. The fraction of sp³-hybridized carbons (Fsp3) is 0.500. The third kappa shape index (κ3) is 3.37. The number of ketones is 1. The van der Waals surface area contributed by atoms with Gasteiger partial charge in [-0.05, 0) is 43.0 Å². The van der Waals surface area contributed by atoms with Gasteiger partial charge in [-0.2, -0.15) is 0 Å². The molecule has 17 heavy (non-hydrogen) atoms. The van der Waals surface area contributed by atoms with Crippen LogP contribution in [0.25, 0.3) is 0 Å². The van der Waals surface area contributed by atoms with E-state index in [0.29, 0.717) is 25.2 Å². The minimum Gasteiger partial charge on any atom is -0.374 e. The van der Waals surface area contributed by atoms with Crippen molar-refractivity contribution in [2.24, 2.45) is 0 Å². The number of rotatable bonds is 3. The number of carbonyl (C=O) groups is 1. The number of ether oxygens (including phenoxy) is 1. The number of aryl methyl sites for hydroxylation is 1. The van der Waals surface area contributed by atoms with Crippen LogP contribution < -0.4 is 0 Å². The summed E-state index contributed by atoms with van der Waals surface area (Å²) >= 11 is 0. The second kappa shape index (κ2) is 5.41. The molecule has 2 rings (SSSR count). The average molecular weight is 236 g/mol. The van der Waals surface area contributed by atoms with Crippen molar-refractivity contribution >= 4 is 5.78 Å². The predicted molar refractivity (Wildman–Crippen MR) is 63.2 cm³/mol. The number of carbonyl (C=O) groups excluding carboxylic acids is 1. The van der Waals surface area contributed by atoms with E-state index in [2.05, 4.69) is 0 Å². The molecule has 0 spiro atoms. The average Bonchev–Trinajstić information content (AvgIpc) is 2.30. The van der Waals surface area contributed by atoms with E-state index in [1.165, 1.54) is 12.1 Å². The lowest BCUT2D eigenvalue weighted by molar-refractivity contribution is -0.123. The Labute approximate surface area is 101 Å². The van der Waals surface area contributed by atoms with Crippen molar-refractivity contribution < 1.29 is 13.9 Å². The van der Waals surface area contributed by atoms with Gasteiger partial charge in [0.15, 0.2) is 0 Å². The van der Waals surface area contributed by atoms with Crippen molar-refractivity contribution in [3.05, 3.63) is 35.1 Å². The van der Waals surface area contributed by atoms with Gasteiger partial charge in [-0.25, -0.2) is 4.39 Å². The molecule has 1 fully saturated rings. The van der Waals surface area contributed by atoms with Crippen LogP contribution in [-0.4, -0.2) is 11.9 Å². The molecule has 1 aliphatic rings. The Bertz CT molecular complexity index is 405. The summed E-state index contributed by atoms with van der Waals surface area (Å²) in [5, 5.41) is 0. The van der Waals surface area contributed by atoms with Gasteiger partial charge in [0.1, 0.15) is 11.6 Å². The molecule has 0 aromatic heterocycles. The molecular formula is C14H17FO2. The fourth-order valence-electron chi connectivity index (χ4n) is 2.11. The Balaban J connectivity index is 1.87. The van der Waals surface area contributed by atoms with Crippen LogP contribution in [0.15, 0.2) is 18.2 Å². The molecule has 1 aromatic carbocycles. The van der Waals surface area contributed by atoms with E-state index in [-0.39, 0.29) is 11.9 Å². The molecule has 0 unspecified atom stereocenters. The van der Waals surface area contributed by atoms with Gasteiger partial charge in [-0.1, -0.05) is 6.07 Å². The molecular weight excluding hydrogens is 219 g/mol. The highest BCUT2D eigenvalue weighted by atomic mass is 19.1. The Morgan fingerprint density at radius 1 is 1.35 bits per heavy atom. The van der Waals surface area contributed by atoms with Crippen LogP contribution in [0, 0.1) is 12.7 Å². The molecule has 0 saturated heterocycles. The Kier molecular flexibility index (Phi) is 3.89. The van der Waals surface area contributed by atoms with Crippen LogP contribution in [0.1, 0.15) is 36.8 Å². The van der Waals surface area contributed by atoms with Gasteiger partial charge >= 0.3 is 0 Å². The first-order valence-corrected chi connectivity index (χ1v) is 6.03. The van der Waals surface area contributed by atoms with Crippen LogP contribution in [0.3, 0.4) is 0 Å². The smallest absolute Gasteiger partial charge is 0.133 e. The van der Waals surface area contributed by atoms with E-state index in [4.69, 9.17) is 4.74 Å². The van der Waals surface area contributed by atoms with Crippen molar-refractivity contribution in [2.45, 2.75) is 45.3 Å². The van der Waals surface area contributed by atoms with E-state index in [0.717, 1.165) is 24.0 Å². The maximum Gasteiger partial charge on any atom is 0.133 e. The molecule has 1 aliphatic carbocycles. The molecule has 0 radical (unpaired) electrons. The SMILES string of the molecule is Cc1cc(F)ccc1COC1CCC(=O)CC1. The zero-order chi connectivity index (χ0) is 12.3. The van der Waals surface area contributed by atoms with Gasteiger partial charge < -0.3 is 4.74 Å². The summed E-state index contributed by atoms with van der Waals surface area (Å²) in [6.07, 6.45) is 3.08. The summed E-state index contributed by atoms with van der Waals surface area (Å²) < 4.78 is 18.7. The predicted octanol–water partition coefficient (Wildman–Crippen LogP) is 3.16. The van der Waals surface area contributed by atoms with E-state index in [1.54, 1.807) is 6.07 Å². The topological polar surface area (TPSA) is 26.3 Å². The van der Waals surface area contributed by atoms with Crippen molar-refractivity contribution in [1.82, 2.24) is 0 Å². The highest BCUT2D eigenvalue weighted by Gasteiger charge is 2.19. The Morgan fingerprint density at radius 2 is 2.06 bits per heavy atom. The molecule has 0 aliphatic heterocycles. The standard InChI is InChI=1S/C14H17FO2/c1-10-8-12(15)3-2-11(10)9-17-14-6-4-13(16)5-7-14/h2-3,8,14H,4-7,9H2,1H3. The first kappa shape index (κ1) is 12.2. The molecule has 0 bridgehead atoms. The molecule has 0 atom stereocenters. The summed E-state index contributed by atoms with van der Waals surface area (Å²) in [6, 6.07) is 4.73. The van der Waals surface area contributed by atoms with Gasteiger partial charge in [-0.15, -0.1) is 0 Å². The van der Waals surface area contributed by atoms with Crippen LogP contribution in [-0.2, 0) is 16.1 Å². The highest BCUT2D eigenvalue weighted by molar-refractivity contribution is 5.79. The van der Waals surface area contributed by atoms with Gasteiger partial charge in [0.25, 0.3) is 0 Å². The summed E-state index contributed by atoms with van der Waals surface area (Å²) in [4.78, 5) is 11.1. The van der Waals surface area contributed by atoms with Crippen molar-refractivity contribution in [3.63, 3.8) is 0 Å². The van der Waals surface area contributed by atoms with Gasteiger partial charge in [0.2, 0.25) is 0 Å². The zero-order valence-corrected chi connectivity index (χ0v) is 10.0. The molecule has 2 nitrogen and oxygen atoms in total. The van der Waals surface area contributed by atoms with Crippen LogP contribution in [0.4, 0.5) is 4.39 Å². The van der Waals surface area contributed by atoms with Crippen LogP contribution in [0.5, 0.6) is 0 Å². The third-order valence-electron chi connectivity index (χ3n) is 3.27. The van der Waals surface area contributed by atoms with Crippen molar-refractivity contribution in [2.75, 3.05) is 0 Å². The van der Waals surface area contributed by atoms with Gasteiger partial charge in [0, 0.05) is 12.8 Å². The van der Waals surface area contributed by atoms with Gasteiger partial charge in [-0.3, -0.25) is 4.79 Å². The van der Waals surface area contributed by atoms with Crippen LogP contribution >= 0.6 is 0 Å². The van der Waals surface area contributed by atoms with Crippen molar-refractivity contribution in [3.8, 4) is 0 Å². The molecule has 92 valence electrons. The molecule has 0 N–H and O–H groups in total. The maximum absolute atomic E-state index is 12.9. The first-order valence-electron chi connectivity index (χ1n) is 6.03. The molecule has 0 amide bonds. The van der Waals surface area contributed by atoms with E-state index in [1.807, 2.05) is 6.92 Å². The van der Waals surface area contributed by atoms with E-state index in [9.17, 15) is 9.18 Å². The summed E-state index contributed by atoms with van der Waals surface area (Å²) in [5.41, 5.74) is 1.93. The lowest BCUT2D eigenvalue weighted by atomic mass is 9.96. The normalized spacial score (nSPS) is 17.4. The fourth-order valence-corrected chi connectivity index (χ4v) is 2.11. The van der Waals surface area contributed by atoms with Crippen molar-refractivity contribution in [1.29, 1.82) is 0 Å². The molecule has 1 saturated carbocycles. The number of hydrogen-bond acceptors (Lipinski definition) is 2. The minimum atomic E-state index is -0.213. The van der Waals surface area contributed by atoms with E-state index < -0.39 is 0 Å². The monoisotopic (exact) mass is 236 g/mol. The summed E-state index contributed by atoms with van der Waals surface area (Å²) in [7, 11) is 0. The molecule has 3 heteroatoms. The number of Topliss-reactive ketones (excluding diaryl/α,β-unsaturated/α-hetero) is 1. The quantitative estimate of drug-likeness (QED) is 0.805.